The summed E-state index contributed by atoms with van der Waals surface area (Å²) < 4.78 is 1.81. The highest BCUT2D eigenvalue weighted by Crippen LogP contribution is 2.16. The molecule has 2 atom stereocenters. The van der Waals surface area contributed by atoms with E-state index in [2.05, 4.69) is 26.8 Å². The van der Waals surface area contributed by atoms with Crippen LogP contribution in [0.4, 0.5) is 0 Å². The SMILES string of the molecule is Cc1nn(C)c2ncc(CNCC3CNCC3O)cc12. The molecule has 0 radical (unpaired) electrons. The van der Waals surface area contributed by atoms with Crippen molar-refractivity contribution < 1.29 is 5.11 Å². The lowest BCUT2D eigenvalue weighted by molar-refractivity contribution is 0.146. The molecule has 3 N–H and O–H groups in total. The molecule has 1 fully saturated rings. The van der Waals surface area contributed by atoms with Crippen molar-refractivity contribution in [3.8, 4) is 0 Å². The summed E-state index contributed by atoms with van der Waals surface area (Å²) in [6, 6.07) is 2.14. The Morgan fingerprint density at radius 1 is 1.50 bits per heavy atom. The fourth-order valence-electron chi connectivity index (χ4n) is 2.78. The first-order valence-electron chi connectivity index (χ1n) is 7.03. The van der Waals surface area contributed by atoms with Crippen molar-refractivity contribution in [2.24, 2.45) is 13.0 Å². The monoisotopic (exact) mass is 275 g/mol. The number of rotatable bonds is 4. The summed E-state index contributed by atoms with van der Waals surface area (Å²) in [5, 5.41) is 21.8. The molecule has 0 aliphatic carbocycles. The molecule has 0 spiro atoms. The predicted octanol–water partition coefficient (Wildman–Crippen LogP) is -0.0534. The number of nitrogens with zero attached hydrogens (tertiary/aromatic N) is 3. The summed E-state index contributed by atoms with van der Waals surface area (Å²) in [4.78, 5) is 4.47. The standard InChI is InChI=1S/C14H21N5O/c1-9-12-3-10(5-17-14(12)19(2)18-9)4-15-6-11-7-16-8-13(11)20/h3,5,11,13,15-16,20H,4,6-8H2,1-2H3. The highest BCUT2D eigenvalue weighted by atomic mass is 16.3. The average molecular weight is 275 g/mol. The van der Waals surface area contributed by atoms with Gasteiger partial charge in [0.25, 0.3) is 0 Å². The minimum absolute atomic E-state index is 0.233. The van der Waals surface area contributed by atoms with Gasteiger partial charge in [0, 0.05) is 50.7 Å². The Morgan fingerprint density at radius 2 is 2.35 bits per heavy atom. The highest BCUT2D eigenvalue weighted by molar-refractivity contribution is 5.78. The Morgan fingerprint density at radius 3 is 3.10 bits per heavy atom. The molecule has 0 aromatic carbocycles. The third-order valence-electron chi connectivity index (χ3n) is 3.96. The maximum Gasteiger partial charge on any atom is 0.157 e. The number of aromatic nitrogens is 3. The number of pyridine rings is 1. The fraction of sp³-hybridized carbons (Fsp3) is 0.571. The zero-order valence-electron chi connectivity index (χ0n) is 11.9. The molecule has 3 rings (SSSR count). The van der Waals surface area contributed by atoms with Crippen molar-refractivity contribution in [1.82, 2.24) is 25.4 Å². The van der Waals surface area contributed by atoms with Crippen LogP contribution in [0.2, 0.25) is 0 Å². The van der Waals surface area contributed by atoms with Crippen LogP contribution in [0.1, 0.15) is 11.3 Å². The van der Waals surface area contributed by atoms with Crippen molar-refractivity contribution in [2.45, 2.75) is 19.6 Å². The maximum atomic E-state index is 9.74. The Labute approximate surface area is 118 Å². The van der Waals surface area contributed by atoms with Gasteiger partial charge in [-0.15, -0.1) is 0 Å². The first-order chi connectivity index (χ1) is 9.65. The Hall–Kier alpha value is -1.50. The lowest BCUT2D eigenvalue weighted by Gasteiger charge is -2.14. The minimum atomic E-state index is -0.233. The van der Waals surface area contributed by atoms with E-state index in [9.17, 15) is 5.11 Å². The first kappa shape index (κ1) is 13.5. The summed E-state index contributed by atoms with van der Waals surface area (Å²) in [5.41, 5.74) is 3.07. The van der Waals surface area contributed by atoms with Crippen LogP contribution in [0.3, 0.4) is 0 Å². The average Bonchev–Trinajstić information content (AvgIpc) is 2.95. The number of hydrogen-bond acceptors (Lipinski definition) is 5. The van der Waals surface area contributed by atoms with Gasteiger partial charge >= 0.3 is 0 Å². The molecule has 1 saturated heterocycles. The van der Waals surface area contributed by atoms with Gasteiger partial charge in [0.05, 0.1) is 11.8 Å². The largest absolute Gasteiger partial charge is 0.391 e. The quantitative estimate of drug-likeness (QED) is 0.729. The fourth-order valence-corrected chi connectivity index (χ4v) is 2.78. The van der Waals surface area contributed by atoms with E-state index in [4.69, 9.17) is 0 Å². The molecule has 0 amide bonds. The van der Waals surface area contributed by atoms with Crippen LogP contribution < -0.4 is 10.6 Å². The summed E-state index contributed by atoms with van der Waals surface area (Å²) in [6.45, 7) is 5.17. The molecular formula is C14H21N5O. The number of aliphatic hydroxyl groups excluding tert-OH is 1. The number of β-amino-alcohol motifs (C(OH)–C–C–N with tert-alkyl or cyclic N) is 1. The number of fused-ring (bicyclic) bond motifs is 1. The van der Waals surface area contributed by atoms with Crippen molar-refractivity contribution in [3.05, 3.63) is 23.5 Å². The van der Waals surface area contributed by atoms with E-state index >= 15 is 0 Å². The summed E-state index contributed by atoms with van der Waals surface area (Å²) in [7, 11) is 1.91. The lowest BCUT2D eigenvalue weighted by atomic mass is 10.1. The van der Waals surface area contributed by atoms with Gasteiger partial charge in [-0.05, 0) is 18.6 Å². The van der Waals surface area contributed by atoms with Crippen LogP contribution >= 0.6 is 0 Å². The van der Waals surface area contributed by atoms with Crippen LogP contribution in [-0.4, -0.2) is 45.6 Å². The minimum Gasteiger partial charge on any atom is -0.391 e. The Kier molecular flexibility index (Phi) is 3.69. The molecule has 3 heterocycles. The molecule has 1 aliphatic rings. The van der Waals surface area contributed by atoms with Crippen molar-refractivity contribution in [3.63, 3.8) is 0 Å². The molecule has 6 nitrogen and oxygen atoms in total. The summed E-state index contributed by atoms with van der Waals surface area (Å²) in [6.07, 6.45) is 1.66. The molecule has 2 unspecified atom stereocenters. The highest BCUT2D eigenvalue weighted by Gasteiger charge is 2.24. The maximum absolute atomic E-state index is 9.74. The van der Waals surface area contributed by atoms with E-state index in [1.165, 1.54) is 0 Å². The summed E-state index contributed by atoms with van der Waals surface area (Å²) in [5.74, 6) is 0.298. The van der Waals surface area contributed by atoms with Crippen LogP contribution in [-0.2, 0) is 13.6 Å². The van der Waals surface area contributed by atoms with E-state index in [-0.39, 0.29) is 6.10 Å². The molecule has 1 aliphatic heterocycles. The van der Waals surface area contributed by atoms with E-state index in [0.717, 1.165) is 41.9 Å². The second-order valence-electron chi connectivity index (χ2n) is 5.54. The smallest absolute Gasteiger partial charge is 0.157 e. The first-order valence-corrected chi connectivity index (χ1v) is 7.03. The number of nitrogens with one attached hydrogen (secondary N) is 2. The second-order valence-corrected chi connectivity index (χ2v) is 5.54. The van der Waals surface area contributed by atoms with Crippen molar-refractivity contribution in [2.75, 3.05) is 19.6 Å². The molecule has 2 aromatic rings. The van der Waals surface area contributed by atoms with Gasteiger partial charge in [-0.3, -0.25) is 4.68 Å². The zero-order valence-corrected chi connectivity index (χ0v) is 11.9. The van der Waals surface area contributed by atoms with E-state index < -0.39 is 0 Å². The van der Waals surface area contributed by atoms with Gasteiger partial charge in [0.2, 0.25) is 0 Å². The third kappa shape index (κ3) is 2.54. The van der Waals surface area contributed by atoms with E-state index in [0.29, 0.717) is 12.5 Å². The number of aryl methyl sites for hydroxylation is 2. The third-order valence-corrected chi connectivity index (χ3v) is 3.96. The van der Waals surface area contributed by atoms with Gasteiger partial charge in [-0.2, -0.15) is 5.10 Å². The summed E-state index contributed by atoms with van der Waals surface area (Å²) >= 11 is 0. The molecule has 0 bridgehead atoms. The molecule has 108 valence electrons. The van der Waals surface area contributed by atoms with Crippen LogP contribution in [0.5, 0.6) is 0 Å². The molecule has 2 aromatic heterocycles. The molecule has 6 heteroatoms. The van der Waals surface area contributed by atoms with Crippen molar-refractivity contribution in [1.29, 1.82) is 0 Å². The normalized spacial score (nSPS) is 22.8. The number of aliphatic hydroxyl groups is 1. The van der Waals surface area contributed by atoms with E-state index in [1.54, 1.807) is 0 Å². The van der Waals surface area contributed by atoms with Crippen LogP contribution in [0, 0.1) is 12.8 Å². The topological polar surface area (TPSA) is 75.0 Å². The molecule has 0 saturated carbocycles. The lowest BCUT2D eigenvalue weighted by Crippen LogP contribution is -2.30. The van der Waals surface area contributed by atoms with Gasteiger partial charge in [-0.1, -0.05) is 0 Å². The number of hydrogen-bond donors (Lipinski definition) is 3. The predicted molar refractivity (Wildman–Crippen MR) is 77.3 cm³/mol. The van der Waals surface area contributed by atoms with Gasteiger partial charge in [0.15, 0.2) is 5.65 Å². The Balaban J connectivity index is 1.64. The zero-order chi connectivity index (χ0) is 14.1. The van der Waals surface area contributed by atoms with Crippen molar-refractivity contribution >= 4 is 11.0 Å². The van der Waals surface area contributed by atoms with E-state index in [1.807, 2.05) is 24.9 Å². The van der Waals surface area contributed by atoms with Crippen LogP contribution in [0.15, 0.2) is 12.3 Å². The molecular weight excluding hydrogens is 254 g/mol. The van der Waals surface area contributed by atoms with Gasteiger partial charge in [-0.25, -0.2) is 4.98 Å². The van der Waals surface area contributed by atoms with Gasteiger partial charge in [0.1, 0.15) is 0 Å². The molecule has 20 heavy (non-hydrogen) atoms. The Bertz CT molecular complexity index is 609. The second kappa shape index (κ2) is 5.47. The van der Waals surface area contributed by atoms with Gasteiger partial charge < -0.3 is 15.7 Å². The van der Waals surface area contributed by atoms with Crippen LogP contribution in [0.25, 0.3) is 11.0 Å².